The maximum absolute atomic E-state index is 13.6. The van der Waals surface area contributed by atoms with Gasteiger partial charge >= 0.3 is 0 Å². The largest absolute Gasteiger partial charge is 0.494 e. The Labute approximate surface area is 130 Å². The number of rotatable bonds is 4. The Morgan fingerprint density at radius 1 is 1.50 bits per heavy atom. The Bertz CT molecular complexity index is 578. The SMILES string of the molecule is COc1ccc(/C=C/C(=O)N2CCCC2C(C)(C)O)cc1F. The highest BCUT2D eigenvalue weighted by Crippen LogP contribution is 2.27. The van der Waals surface area contributed by atoms with Crippen molar-refractivity contribution in [2.45, 2.75) is 38.3 Å². The van der Waals surface area contributed by atoms with Crippen molar-refractivity contribution in [3.8, 4) is 5.75 Å². The lowest BCUT2D eigenvalue weighted by Gasteiger charge is -2.33. The van der Waals surface area contributed by atoms with E-state index in [-0.39, 0.29) is 17.7 Å². The normalized spacial score (nSPS) is 19.0. The summed E-state index contributed by atoms with van der Waals surface area (Å²) in [6.45, 7) is 4.06. The molecule has 1 heterocycles. The standard InChI is InChI=1S/C17H22FNO3/c1-17(2,21)15-5-4-10-19(15)16(20)9-7-12-6-8-14(22-3)13(18)11-12/h6-9,11,15,21H,4-5,10H2,1-3H3/b9-7+. The van der Waals surface area contributed by atoms with Crippen LogP contribution in [0.25, 0.3) is 6.08 Å². The molecule has 120 valence electrons. The van der Waals surface area contributed by atoms with Crippen LogP contribution in [0.2, 0.25) is 0 Å². The highest BCUT2D eigenvalue weighted by Gasteiger charge is 2.37. The number of aliphatic hydroxyl groups is 1. The fraction of sp³-hybridized carbons (Fsp3) is 0.471. The number of amides is 1. The van der Waals surface area contributed by atoms with Crippen LogP contribution < -0.4 is 4.74 Å². The maximum atomic E-state index is 13.6. The third kappa shape index (κ3) is 3.65. The van der Waals surface area contributed by atoms with Crippen LogP contribution in [0.3, 0.4) is 0 Å². The van der Waals surface area contributed by atoms with Crippen LogP contribution in [0, 0.1) is 5.82 Å². The highest BCUT2D eigenvalue weighted by atomic mass is 19.1. The summed E-state index contributed by atoms with van der Waals surface area (Å²) in [5.74, 6) is -0.460. The number of likely N-dealkylation sites (tertiary alicyclic amines) is 1. The number of carbonyl (C=O) groups excluding carboxylic acids is 1. The maximum Gasteiger partial charge on any atom is 0.246 e. The second-order valence-corrected chi connectivity index (χ2v) is 6.07. The molecule has 4 nitrogen and oxygen atoms in total. The third-order valence-electron chi connectivity index (χ3n) is 3.95. The zero-order valence-corrected chi connectivity index (χ0v) is 13.2. The number of ether oxygens (including phenoxy) is 1. The summed E-state index contributed by atoms with van der Waals surface area (Å²) in [7, 11) is 1.40. The van der Waals surface area contributed by atoms with Crippen molar-refractivity contribution in [1.82, 2.24) is 4.90 Å². The van der Waals surface area contributed by atoms with Crippen LogP contribution in [-0.2, 0) is 4.79 Å². The molecular formula is C17H22FNO3. The van der Waals surface area contributed by atoms with Gasteiger partial charge in [-0.3, -0.25) is 4.79 Å². The highest BCUT2D eigenvalue weighted by molar-refractivity contribution is 5.92. The lowest BCUT2D eigenvalue weighted by molar-refractivity contribution is -0.131. The summed E-state index contributed by atoms with van der Waals surface area (Å²) in [6, 6.07) is 4.34. The summed E-state index contributed by atoms with van der Waals surface area (Å²) in [4.78, 5) is 14.0. The van der Waals surface area contributed by atoms with Crippen LogP contribution in [-0.4, -0.2) is 41.2 Å². The molecule has 1 aliphatic rings. The van der Waals surface area contributed by atoms with Gasteiger partial charge in [0.05, 0.1) is 18.8 Å². The molecule has 0 spiro atoms. The summed E-state index contributed by atoms with van der Waals surface area (Å²) >= 11 is 0. The van der Waals surface area contributed by atoms with Gasteiger partial charge in [0.2, 0.25) is 5.91 Å². The number of methoxy groups -OCH3 is 1. The van der Waals surface area contributed by atoms with Crippen LogP contribution in [0.1, 0.15) is 32.3 Å². The van der Waals surface area contributed by atoms with Crippen LogP contribution in [0.15, 0.2) is 24.3 Å². The van der Waals surface area contributed by atoms with Gasteiger partial charge in [0.25, 0.3) is 0 Å². The van der Waals surface area contributed by atoms with Crippen molar-refractivity contribution in [2.75, 3.05) is 13.7 Å². The first-order valence-corrected chi connectivity index (χ1v) is 7.37. The van der Waals surface area contributed by atoms with E-state index in [9.17, 15) is 14.3 Å². The zero-order valence-electron chi connectivity index (χ0n) is 13.2. The smallest absolute Gasteiger partial charge is 0.246 e. The molecule has 0 bridgehead atoms. The van der Waals surface area contributed by atoms with Crippen molar-refractivity contribution in [2.24, 2.45) is 0 Å². The average Bonchev–Trinajstić information content (AvgIpc) is 2.94. The van der Waals surface area contributed by atoms with Crippen molar-refractivity contribution in [1.29, 1.82) is 0 Å². The number of nitrogens with zero attached hydrogens (tertiary/aromatic N) is 1. The summed E-state index contributed by atoms with van der Waals surface area (Å²) in [5.41, 5.74) is -0.336. The van der Waals surface area contributed by atoms with E-state index in [4.69, 9.17) is 4.74 Å². The van der Waals surface area contributed by atoms with E-state index >= 15 is 0 Å². The number of carbonyl (C=O) groups is 1. The predicted molar refractivity (Wildman–Crippen MR) is 83.0 cm³/mol. The van der Waals surface area contributed by atoms with Crippen molar-refractivity contribution in [3.63, 3.8) is 0 Å². The Kier molecular flexibility index (Phi) is 4.86. The minimum atomic E-state index is -0.924. The van der Waals surface area contributed by atoms with Gasteiger partial charge in [-0.05, 0) is 50.5 Å². The Morgan fingerprint density at radius 2 is 2.23 bits per heavy atom. The second kappa shape index (κ2) is 6.48. The molecule has 22 heavy (non-hydrogen) atoms. The van der Waals surface area contributed by atoms with Gasteiger partial charge in [-0.2, -0.15) is 0 Å². The first-order valence-electron chi connectivity index (χ1n) is 7.37. The Balaban J connectivity index is 2.09. The predicted octanol–water partition coefficient (Wildman–Crippen LogP) is 2.61. The van der Waals surface area contributed by atoms with Gasteiger partial charge in [-0.25, -0.2) is 4.39 Å². The zero-order chi connectivity index (χ0) is 16.3. The van der Waals surface area contributed by atoms with E-state index in [0.29, 0.717) is 12.1 Å². The number of halogens is 1. The molecule has 1 fully saturated rings. The van der Waals surface area contributed by atoms with Crippen LogP contribution >= 0.6 is 0 Å². The molecule has 0 radical (unpaired) electrons. The molecule has 5 heteroatoms. The molecule has 2 rings (SSSR count). The first kappa shape index (κ1) is 16.5. The average molecular weight is 307 g/mol. The minimum absolute atomic E-state index is 0.166. The van der Waals surface area contributed by atoms with E-state index in [1.165, 1.54) is 25.3 Å². The summed E-state index contributed by atoms with van der Waals surface area (Å²) in [6.07, 6.45) is 4.67. The van der Waals surface area contributed by atoms with Crippen LogP contribution in [0.5, 0.6) is 5.75 Å². The summed E-state index contributed by atoms with van der Waals surface area (Å²) < 4.78 is 18.5. The van der Waals surface area contributed by atoms with Gasteiger partial charge < -0.3 is 14.7 Å². The molecule has 1 N–H and O–H groups in total. The Hall–Kier alpha value is -1.88. The lowest BCUT2D eigenvalue weighted by atomic mass is 9.96. The van der Waals surface area contributed by atoms with E-state index in [1.807, 2.05) is 0 Å². The topological polar surface area (TPSA) is 49.8 Å². The third-order valence-corrected chi connectivity index (χ3v) is 3.95. The van der Waals surface area contributed by atoms with Gasteiger partial charge in [-0.1, -0.05) is 6.07 Å². The van der Waals surface area contributed by atoms with Gasteiger partial charge in [0.1, 0.15) is 0 Å². The van der Waals surface area contributed by atoms with E-state index in [0.717, 1.165) is 12.8 Å². The molecule has 1 aliphatic heterocycles. The number of hydrogen-bond donors (Lipinski definition) is 1. The minimum Gasteiger partial charge on any atom is -0.494 e. The van der Waals surface area contributed by atoms with Crippen molar-refractivity contribution >= 4 is 12.0 Å². The molecular weight excluding hydrogens is 285 g/mol. The lowest BCUT2D eigenvalue weighted by Crippen LogP contribution is -2.47. The fourth-order valence-corrected chi connectivity index (χ4v) is 2.81. The monoisotopic (exact) mass is 307 g/mol. The molecule has 1 unspecified atom stereocenters. The molecule has 1 amide bonds. The first-order chi connectivity index (χ1) is 10.3. The van der Waals surface area contributed by atoms with E-state index in [1.54, 1.807) is 30.9 Å². The molecule has 1 aromatic carbocycles. The molecule has 1 atom stereocenters. The molecule has 0 aromatic heterocycles. The quantitative estimate of drug-likeness (QED) is 0.870. The molecule has 1 aromatic rings. The van der Waals surface area contributed by atoms with Crippen molar-refractivity contribution in [3.05, 3.63) is 35.7 Å². The van der Waals surface area contributed by atoms with E-state index < -0.39 is 11.4 Å². The van der Waals surface area contributed by atoms with Gasteiger partial charge in [0.15, 0.2) is 11.6 Å². The van der Waals surface area contributed by atoms with Gasteiger partial charge in [0, 0.05) is 12.6 Å². The van der Waals surface area contributed by atoms with Crippen molar-refractivity contribution < 1.29 is 19.0 Å². The van der Waals surface area contributed by atoms with Crippen LogP contribution in [0.4, 0.5) is 4.39 Å². The van der Waals surface area contributed by atoms with Gasteiger partial charge in [-0.15, -0.1) is 0 Å². The van der Waals surface area contributed by atoms with E-state index in [2.05, 4.69) is 0 Å². The second-order valence-electron chi connectivity index (χ2n) is 6.07. The number of benzene rings is 1. The number of hydrogen-bond acceptors (Lipinski definition) is 3. The molecule has 0 aliphatic carbocycles. The molecule has 1 saturated heterocycles. The Morgan fingerprint density at radius 3 is 2.82 bits per heavy atom. The molecule has 0 saturated carbocycles. The fourth-order valence-electron chi connectivity index (χ4n) is 2.81. The summed E-state index contributed by atoms with van der Waals surface area (Å²) in [5, 5.41) is 10.1.